The smallest absolute Gasteiger partial charge is 0.0748 e. The molecular formula is C11H13ClN2. The number of hydrazone groups is 1. The normalized spacial score (nSPS) is 15.6. The fraction of sp³-hybridized carbons (Fsp3) is 0.364. The maximum absolute atomic E-state index is 5.98. The van der Waals surface area contributed by atoms with Crippen molar-refractivity contribution in [1.29, 1.82) is 0 Å². The number of anilines is 1. The molecule has 0 atom stereocenters. The highest BCUT2D eigenvalue weighted by molar-refractivity contribution is 6.33. The standard InChI is InChI=1S/C11H13ClN2/c12-10-7-3-4-8-11(10)14-13-9-5-1-2-6-9/h3-4,7-8,14H,1-2,5-6H2. The van der Waals surface area contributed by atoms with Gasteiger partial charge in [0.2, 0.25) is 0 Å². The molecule has 0 bridgehead atoms. The maximum Gasteiger partial charge on any atom is 0.0748 e. The van der Waals surface area contributed by atoms with Gasteiger partial charge in [-0.3, -0.25) is 5.43 Å². The van der Waals surface area contributed by atoms with E-state index in [0.29, 0.717) is 0 Å². The van der Waals surface area contributed by atoms with Gasteiger partial charge in [-0.1, -0.05) is 23.7 Å². The summed E-state index contributed by atoms with van der Waals surface area (Å²) in [6.07, 6.45) is 4.78. The number of hydrogen-bond acceptors (Lipinski definition) is 2. The van der Waals surface area contributed by atoms with Gasteiger partial charge < -0.3 is 0 Å². The van der Waals surface area contributed by atoms with E-state index in [1.165, 1.54) is 18.6 Å². The van der Waals surface area contributed by atoms with Crippen LogP contribution in [0.4, 0.5) is 5.69 Å². The summed E-state index contributed by atoms with van der Waals surface area (Å²) < 4.78 is 0. The molecule has 0 radical (unpaired) electrons. The van der Waals surface area contributed by atoms with Gasteiger partial charge in [-0.2, -0.15) is 5.10 Å². The number of benzene rings is 1. The van der Waals surface area contributed by atoms with Crippen LogP contribution >= 0.6 is 11.6 Å². The third-order valence-electron chi connectivity index (χ3n) is 2.39. The van der Waals surface area contributed by atoms with Gasteiger partial charge in [0, 0.05) is 5.71 Å². The SMILES string of the molecule is Clc1ccccc1NN=C1CCCC1. The summed E-state index contributed by atoms with van der Waals surface area (Å²) in [6, 6.07) is 7.65. The van der Waals surface area contributed by atoms with Gasteiger partial charge in [-0.25, -0.2) is 0 Å². The molecule has 0 amide bonds. The van der Waals surface area contributed by atoms with Crippen molar-refractivity contribution < 1.29 is 0 Å². The maximum atomic E-state index is 5.98. The number of hydrogen-bond donors (Lipinski definition) is 1. The van der Waals surface area contributed by atoms with Gasteiger partial charge in [-0.15, -0.1) is 0 Å². The van der Waals surface area contributed by atoms with Crippen molar-refractivity contribution in [3.63, 3.8) is 0 Å². The van der Waals surface area contributed by atoms with E-state index in [1.54, 1.807) is 0 Å². The molecule has 1 N–H and O–H groups in total. The second-order valence-corrected chi connectivity index (χ2v) is 3.88. The number of rotatable bonds is 2. The van der Waals surface area contributed by atoms with Crippen molar-refractivity contribution in [2.45, 2.75) is 25.7 Å². The molecule has 74 valence electrons. The van der Waals surface area contributed by atoms with Crippen LogP contribution in [0.1, 0.15) is 25.7 Å². The lowest BCUT2D eigenvalue weighted by molar-refractivity contribution is 0.886. The van der Waals surface area contributed by atoms with Gasteiger partial charge in [0.05, 0.1) is 10.7 Å². The van der Waals surface area contributed by atoms with E-state index >= 15 is 0 Å². The molecule has 1 fully saturated rings. The van der Waals surface area contributed by atoms with Gasteiger partial charge in [0.25, 0.3) is 0 Å². The van der Waals surface area contributed by atoms with E-state index in [0.717, 1.165) is 23.6 Å². The molecule has 1 saturated carbocycles. The third kappa shape index (κ3) is 2.26. The van der Waals surface area contributed by atoms with Crippen LogP contribution in [0.25, 0.3) is 0 Å². The van der Waals surface area contributed by atoms with Crippen LogP contribution in [0.5, 0.6) is 0 Å². The van der Waals surface area contributed by atoms with Gasteiger partial charge in [-0.05, 0) is 37.8 Å². The lowest BCUT2D eigenvalue weighted by Gasteiger charge is -2.03. The van der Waals surface area contributed by atoms with E-state index < -0.39 is 0 Å². The zero-order valence-electron chi connectivity index (χ0n) is 7.96. The lowest BCUT2D eigenvalue weighted by Crippen LogP contribution is -1.96. The Hall–Kier alpha value is -1.02. The predicted octanol–water partition coefficient (Wildman–Crippen LogP) is 3.68. The van der Waals surface area contributed by atoms with E-state index in [1.807, 2.05) is 24.3 Å². The van der Waals surface area contributed by atoms with Gasteiger partial charge >= 0.3 is 0 Å². The lowest BCUT2D eigenvalue weighted by atomic mass is 10.3. The minimum atomic E-state index is 0.717. The Morgan fingerprint density at radius 2 is 1.86 bits per heavy atom. The largest absolute Gasteiger partial charge is 0.277 e. The average molecular weight is 209 g/mol. The summed E-state index contributed by atoms with van der Waals surface area (Å²) in [6.45, 7) is 0. The second-order valence-electron chi connectivity index (χ2n) is 3.48. The molecule has 0 heterocycles. The van der Waals surface area contributed by atoms with Crippen molar-refractivity contribution in [2.75, 3.05) is 5.43 Å². The third-order valence-corrected chi connectivity index (χ3v) is 2.72. The van der Waals surface area contributed by atoms with Crippen molar-refractivity contribution in [2.24, 2.45) is 5.10 Å². The number of nitrogens with zero attached hydrogens (tertiary/aromatic N) is 1. The van der Waals surface area contributed by atoms with E-state index in [9.17, 15) is 0 Å². The van der Waals surface area contributed by atoms with E-state index in [4.69, 9.17) is 11.6 Å². The molecule has 0 aliphatic heterocycles. The highest BCUT2D eigenvalue weighted by Gasteiger charge is 2.07. The molecule has 1 aromatic carbocycles. The van der Waals surface area contributed by atoms with Crippen LogP contribution in [0.2, 0.25) is 5.02 Å². The minimum absolute atomic E-state index is 0.717. The van der Waals surface area contributed by atoms with Crippen molar-refractivity contribution >= 4 is 23.0 Å². The summed E-state index contributed by atoms with van der Waals surface area (Å²) in [5.41, 5.74) is 5.15. The van der Waals surface area contributed by atoms with Crippen LogP contribution in [0.15, 0.2) is 29.4 Å². The summed E-state index contributed by atoms with van der Waals surface area (Å²) in [7, 11) is 0. The quantitative estimate of drug-likeness (QED) is 0.737. The summed E-state index contributed by atoms with van der Waals surface area (Å²) in [5, 5.41) is 5.05. The first-order valence-corrected chi connectivity index (χ1v) is 5.30. The predicted molar refractivity (Wildman–Crippen MR) is 61.0 cm³/mol. The molecular weight excluding hydrogens is 196 g/mol. The zero-order chi connectivity index (χ0) is 9.80. The first kappa shape index (κ1) is 9.53. The van der Waals surface area contributed by atoms with Crippen LogP contribution in [0.3, 0.4) is 0 Å². The van der Waals surface area contributed by atoms with E-state index in [2.05, 4.69) is 10.5 Å². The van der Waals surface area contributed by atoms with Crippen molar-refractivity contribution in [1.82, 2.24) is 0 Å². The number of para-hydroxylation sites is 1. The zero-order valence-corrected chi connectivity index (χ0v) is 8.72. The summed E-state index contributed by atoms with van der Waals surface area (Å²) in [5.74, 6) is 0. The molecule has 2 nitrogen and oxygen atoms in total. The average Bonchev–Trinajstić information content (AvgIpc) is 2.69. The first-order valence-electron chi connectivity index (χ1n) is 4.92. The molecule has 1 aromatic rings. The molecule has 0 spiro atoms. The van der Waals surface area contributed by atoms with Crippen molar-refractivity contribution in [3.8, 4) is 0 Å². The second kappa shape index (κ2) is 4.47. The topological polar surface area (TPSA) is 24.4 Å². The fourth-order valence-corrected chi connectivity index (χ4v) is 1.76. The number of halogens is 1. The highest BCUT2D eigenvalue weighted by Crippen LogP contribution is 2.21. The monoisotopic (exact) mass is 208 g/mol. The first-order chi connectivity index (χ1) is 6.86. The Labute approximate surface area is 89.0 Å². The van der Waals surface area contributed by atoms with Crippen LogP contribution in [-0.4, -0.2) is 5.71 Å². The van der Waals surface area contributed by atoms with Gasteiger partial charge in [0.1, 0.15) is 0 Å². The molecule has 1 aliphatic rings. The Balaban J connectivity index is 2.04. The molecule has 2 rings (SSSR count). The molecule has 1 aliphatic carbocycles. The van der Waals surface area contributed by atoms with E-state index in [-0.39, 0.29) is 0 Å². The summed E-state index contributed by atoms with van der Waals surface area (Å²) in [4.78, 5) is 0. The molecule has 0 aromatic heterocycles. The Kier molecular flexibility index (Phi) is 3.04. The van der Waals surface area contributed by atoms with Crippen LogP contribution in [0, 0.1) is 0 Å². The Morgan fingerprint density at radius 1 is 1.14 bits per heavy atom. The van der Waals surface area contributed by atoms with Crippen molar-refractivity contribution in [3.05, 3.63) is 29.3 Å². The minimum Gasteiger partial charge on any atom is -0.277 e. The molecule has 0 unspecified atom stereocenters. The van der Waals surface area contributed by atoms with Crippen LogP contribution in [-0.2, 0) is 0 Å². The fourth-order valence-electron chi connectivity index (χ4n) is 1.59. The Morgan fingerprint density at radius 3 is 2.57 bits per heavy atom. The summed E-state index contributed by atoms with van der Waals surface area (Å²) >= 11 is 5.98. The molecule has 3 heteroatoms. The Bertz CT molecular complexity index is 339. The molecule has 0 saturated heterocycles. The molecule has 14 heavy (non-hydrogen) atoms. The highest BCUT2D eigenvalue weighted by atomic mass is 35.5. The van der Waals surface area contributed by atoms with Gasteiger partial charge in [0.15, 0.2) is 0 Å². The van der Waals surface area contributed by atoms with Crippen LogP contribution < -0.4 is 5.43 Å². The number of nitrogens with one attached hydrogen (secondary N) is 1.